The number of hydrogen-bond acceptors (Lipinski definition) is 4. The lowest BCUT2D eigenvalue weighted by Crippen LogP contribution is -2.29. The van der Waals surface area contributed by atoms with Gasteiger partial charge in [-0.2, -0.15) is 0 Å². The lowest BCUT2D eigenvalue weighted by Gasteiger charge is -2.17. The highest BCUT2D eigenvalue weighted by atomic mass is 32.1. The summed E-state index contributed by atoms with van der Waals surface area (Å²) in [5.41, 5.74) is 2.95. The topological polar surface area (TPSA) is 45.1 Å². The van der Waals surface area contributed by atoms with Gasteiger partial charge in [0.1, 0.15) is 0 Å². The van der Waals surface area contributed by atoms with Gasteiger partial charge in [-0.15, -0.1) is 11.3 Å². The molecule has 2 rings (SSSR count). The Labute approximate surface area is 93.9 Å². The Balaban J connectivity index is 1.86. The molecule has 82 valence electrons. The SMILES string of the molecule is CC(N[C@@H]1C=C[C@H](CO)C1)c1cscn1. The van der Waals surface area contributed by atoms with Crippen LogP contribution in [0.2, 0.25) is 0 Å². The van der Waals surface area contributed by atoms with Crippen molar-refractivity contribution >= 4 is 11.3 Å². The zero-order chi connectivity index (χ0) is 10.7. The number of aliphatic hydroxyl groups is 1. The number of nitrogens with one attached hydrogen (secondary N) is 1. The van der Waals surface area contributed by atoms with Crippen LogP contribution < -0.4 is 5.32 Å². The molecule has 0 amide bonds. The number of aromatic nitrogens is 1. The van der Waals surface area contributed by atoms with E-state index in [2.05, 4.69) is 34.8 Å². The van der Waals surface area contributed by atoms with Gasteiger partial charge in [0.2, 0.25) is 0 Å². The van der Waals surface area contributed by atoms with Gasteiger partial charge in [-0.1, -0.05) is 12.2 Å². The van der Waals surface area contributed by atoms with E-state index < -0.39 is 0 Å². The second kappa shape index (κ2) is 4.88. The van der Waals surface area contributed by atoms with Crippen molar-refractivity contribution in [1.29, 1.82) is 0 Å². The van der Waals surface area contributed by atoms with Crippen LogP contribution in [0.4, 0.5) is 0 Å². The van der Waals surface area contributed by atoms with E-state index >= 15 is 0 Å². The number of thiazole rings is 1. The molecule has 4 heteroatoms. The normalized spacial score (nSPS) is 27.1. The Morgan fingerprint density at radius 2 is 2.53 bits per heavy atom. The molecule has 3 atom stereocenters. The Bertz CT molecular complexity index is 323. The van der Waals surface area contributed by atoms with Gasteiger partial charge < -0.3 is 10.4 Å². The molecule has 0 bridgehead atoms. The highest BCUT2D eigenvalue weighted by molar-refractivity contribution is 7.07. The molecule has 0 aromatic carbocycles. The molecule has 2 N–H and O–H groups in total. The van der Waals surface area contributed by atoms with Gasteiger partial charge in [-0.25, -0.2) is 4.98 Å². The predicted molar refractivity (Wildman–Crippen MR) is 61.8 cm³/mol. The fraction of sp³-hybridized carbons (Fsp3) is 0.545. The molecule has 0 spiro atoms. The number of hydrogen-bond donors (Lipinski definition) is 2. The summed E-state index contributed by atoms with van der Waals surface area (Å²) < 4.78 is 0. The van der Waals surface area contributed by atoms with Gasteiger partial charge in [-0.3, -0.25) is 0 Å². The van der Waals surface area contributed by atoms with Gasteiger partial charge in [0, 0.05) is 30.0 Å². The quantitative estimate of drug-likeness (QED) is 0.766. The maximum atomic E-state index is 9.01. The summed E-state index contributed by atoms with van der Waals surface area (Å²) >= 11 is 1.62. The van der Waals surface area contributed by atoms with E-state index in [0.717, 1.165) is 12.1 Å². The van der Waals surface area contributed by atoms with E-state index in [9.17, 15) is 0 Å². The monoisotopic (exact) mass is 224 g/mol. The minimum atomic E-state index is 0.250. The smallest absolute Gasteiger partial charge is 0.0795 e. The first-order valence-corrected chi connectivity index (χ1v) is 6.17. The molecule has 15 heavy (non-hydrogen) atoms. The van der Waals surface area contributed by atoms with Crippen LogP contribution in [0.15, 0.2) is 23.0 Å². The Kier molecular flexibility index (Phi) is 3.51. The maximum absolute atomic E-state index is 9.01. The summed E-state index contributed by atoms with van der Waals surface area (Å²) in [6.07, 6.45) is 5.22. The van der Waals surface area contributed by atoms with E-state index in [4.69, 9.17) is 5.11 Å². The molecule has 1 unspecified atom stereocenters. The molecule has 0 saturated heterocycles. The number of aliphatic hydroxyl groups excluding tert-OH is 1. The van der Waals surface area contributed by atoms with Crippen molar-refractivity contribution < 1.29 is 5.11 Å². The van der Waals surface area contributed by atoms with Crippen molar-refractivity contribution in [3.8, 4) is 0 Å². The summed E-state index contributed by atoms with van der Waals surface area (Å²) in [6.45, 7) is 2.37. The highest BCUT2D eigenvalue weighted by Gasteiger charge is 2.20. The lowest BCUT2D eigenvalue weighted by molar-refractivity contribution is 0.245. The van der Waals surface area contributed by atoms with Crippen LogP contribution in [0, 0.1) is 5.92 Å². The Morgan fingerprint density at radius 1 is 1.67 bits per heavy atom. The average Bonchev–Trinajstić information content (AvgIpc) is 2.87. The summed E-state index contributed by atoms with van der Waals surface area (Å²) in [4.78, 5) is 4.28. The third-order valence-electron chi connectivity index (χ3n) is 2.77. The number of rotatable bonds is 4. The molecule has 1 aromatic heterocycles. The van der Waals surface area contributed by atoms with E-state index in [-0.39, 0.29) is 12.6 Å². The third-order valence-corrected chi connectivity index (χ3v) is 3.37. The van der Waals surface area contributed by atoms with E-state index in [1.165, 1.54) is 0 Å². The van der Waals surface area contributed by atoms with Crippen LogP contribution in [0.1, 0.15) is 25.1 Å². The van der Waals surface area contributed by atoms with Crippen molar-refractivity contribution in [2.24, 2.45) is 5.92 Å². The van der Waals surface area contributed by atoms with E-state index in [0.29, 0.717) is 12.0 Å². The molecule has 1 aliphatic rings. The first-order chi connectivity index (χ1) is 7.29. The fourth-order valence-corrected chi connectivity index (χ4v) is 2.52. The van der Waals surface area contributed by atoms with Crippen LogP contribution in [0.25, 0.3) is 0 Å². The molecule has 0 saturated carbocycles. The van der Waals surface area contributed by atoms with E-state index in [1.807, 2.05) is 5.51 Å². The second-order valence-electron chi connectivity index (χ2n) is 3.97. The largest absolute Gasteiger partial charge is 0.396 e. The first kappa shape index (κ1) is 10.8. The van der Waals surface area contributed by atoms with E-state index in [1.54, 1.807) is 11.3 Å². The lowest BCUT2D eigenvalue weighted by atomic mass is 10.1. The zero-order valence-electron chi connectivity index (χ0n) is 8.76. The van der Waals surface area contributed by atoms with Crippen LogP contribution in [-0.4, -0.2) is 22.7 Å². The van der Waals surface area contributed by atoms with Crippen LogP contribution in [0.3, 0.4) is 0 Å². The second-order valence-corrected chi connectivity index (χ2v) is 4.69. The van der Waals surface area contributed by atoms with Gasteiger partial charge in [0.15, 0.2) is 0 Å². The average molecular weight is 224 g/mol. The highest BCUT2D eigenvalue weighted by Crippen LogP contribution is 2.20. The van der Waals surface area contributed by atoms with Crippen molar-refractivity contribution in [3.05, 3.63) is 28.7 Å². The zero-order valence-corrected chi connectivity index (χ0v) is 9.57. The minimum absolute atomic E-state index is 0.250. The van der Waals surface area contributed by atoms with Crippen molar-refractivity contribution in [1.82, 2.24) is 10.3 Å². The molecular formula is C11H16N2OS. The van der Waals surface area contributed by atoms with Crippen molar-refractivity contribution in [2.45, 2.75) is 25.4 Å². The molecule has 1 aromatic rings. The van der Waals surface area contributed by atoms with Gasteiger partial charge >= 0.3 is 0 Å². The molecule has 0 fully saturated rings. The first-order valence-electron chi connectivity index (χ1n) is 5.23. The van der Waals surface area contributed by atoms with Crippen LogP contribution in [-0.2, 0) is 0 Å². The van der Waals surface area contributed by atoms with Gasteiger partial charge in [-0.05, 0) is 13.3 Å². The molecule has 0 aliphatic heterocycles. The molecule has 0 radical (unpaired) electrons. The third kappa shape index (κ3) is 2.65. The standard InChI is InChI=1S/C11H16N2OS/c1-8(11-6-15-7-12-11)13-10-3-2-9(4-10)5-14/h2-3,6-10,13-14H,4-5H2,1H3/t8?,9-,10+/m0/s1. The van der Waals surface area contributed by atoms with Crippen molar-refractivity contribution in [3.63, 3.8) is 0 Å². The summed E-state index contributed by atoms with van der Waals surface area (Å²) in [5.74, 6) is 0.324. The molecule has 1 aliphatic carbocycles. The molecular weight excluding hydrogens is 208 g/mol. The predicted octanol–water partition coefficient (Wildman–Crippen LogP) is 1.73. The maximum Gasteiger partial charge on any atom is 0.0795 e. The molecule has 1 heterocycles. The number of nitrogens with zero attached hydrogens (tertiary/aromatic N) is 1. The summed E-state index contributed by atoms with van der Waals surface area (Å²) in [6, 6.07) is 0.655. The molecule has 3 nitrogen and oxygen atoms in total. The summed E-state index contributed by atoms with van der Waals surface area (Å²) in [7, 11) is 0. The van der Waals surface area contributed by atoms with Crippen LogP contribution in [0.5, 0.6) is 0 Å². The van der Waals surface area contributed by atoms with Gasteiger partial charge in [0.25, 0.3) is 0 Å². The van der Waals surface area contributed by atoms with Crippen LogP contribution >= 0.6 is 11.3 Å². The fourth-order valence-electron chi connectivity index (χ4n) is 1.88. The summed E-state index contributed by atoms with van der Waals surface area (Å²) in [5, 5.41) is 14.6. The Hall–Kier alpha value is -0.710. The Morgan fingerprint density at radius 3 is 3.13 bits per heavy atom. The van der Waals surface area contributed by atoms with Crippen molar-refractivity contribution in [2.75, 3.05) is 6.61 Å². The minimum Gasteiger partial charge on any atom is -0.396 e. The van der Waals surface area contributed by atoms with Gasteiger partial charge in [0.05, 0.1) is 11.2 Å².